The Balaban J connectivity index is 1.87. The first-order valence-electron chi connectivity index (χ1n) is 7.37. The minimum absolute atomic E-state index is 0.119. The zero-order chi connectivity index (χ0) is 13.9. The molecule has 0 radical (unpaired) electrons. The summed E-state index contributed by atoms with van der Waals surface area (Å²) in [5.74, 6) is -0.119. The van der Waals surface area contributed by atoms with Gasteiger partial charge in [0.05, 0.1) is 0 Å². The number of piperazine rings is 1. The topological polar surface area (TPSA) is 53.6 Å². The molecule has 5 nitrogen and oxygen atoms in total. The first kappa shape index (κ1) is 14.8. The van der Waals surface area contributed by atoms with Gasteiger partial charge in [0.15, 0.2) is 0 Å². The van der Waals surface area contributed by atoms with E-state index in [2.05, 4.69) is 15.5 Å². The lowest BCUT2D eigenvalue weighted by Crippen LogP contribution is -2.59. The highest BCUT2D eigenvalue weighted by molar-refractivity contribution is 5.76. The molecule has 110 valence electrons. The molecule has 0 aromatic rings. The Morgan fingerprint density at radius 1 is 1.21 bits per heavy atom. The minimum atomic E-state index is -0.407. The molecule has 1 unspecified atom stereocenters. The van der Waals surface area contributed by atoms with E-state index in [1.807, 2.05) is 20.8 Å². The van der Waals surface area contributed by atoms with Crippen molar-refractivity contribution in [2.75, 3.05) is 32.7 Å². The standard InChI is InChI=1S/C14H27N3O2/c1-14(2,3)19-13(18)12-10-17(9-8-16-12)11-4-6-15-7-5-11/h11-12,15-16H,4-10H2,1-3H3. The lowest BCUT2D eigenvalue weighted by atomic mass is 10.0. The average molecular weight is 269 g/mol. The van der Waals surface area contributed by atoms with Crippen molar-refractivity contribution in [1.82, 2.24) is 15.5 Å². The third-order valence-electron chi connectivity index (χ3n) is 3.72. The Kier molecular flexibility index (Phi) is 4.81. The maximum Gasteiger partial charge on any atom is 0.324 e. The molecular formula is C14H27N3O2. The summed E-state index contributed by atoms with van der Waals surface area (Å²) in [6.07, 6.45) is 2.36. The highest BCUT2D eigenvalue weighted by Crippen LogP contribution is 2.16. The molecule has 5 heteroatoms. The summed E-state index contributed by atoms with van der Waals surface area (Å²) < 4.78 is 5.47. The summed E-state index contributed by atoms with van der Waals surface area (Å²) in [5, 5.41) is 6.66. The van der Waals surface area contributed by atoms with Crippen LogP contribution in [0.4, 0.5) is 0 Å². The Hall–Kier alpha value is -0.650. The number of esters is 1. The maximum absolute atomic E-state index is 12.1. The van der Waals surface area contributed by atoms with Crippen molar-refractivity contribution in [2.24, 2.45) is 0 Å². The van der Waals surface area contributed by atoms with E-state index in [4.69, 9.17) is 4.74 Å². The molecule has 2 rings (SSSR count). The second-order valence-electron chi connectivity index (χ2n) is 6.52. The van der Waals surface area contributed by atoms with Crippen LogP contribution in [-0.4, -0.2) is 61.3 Å². The molecule has 2 aliphatic heterocycles. The van der Waals surface area contributed by atoms with Gasteiger partial charge in [0.2, 0.25) is 0 Å². The molecule has 2 fully saturated rings. The zero-order valence-corrected chi connectivity index (χ0v) is 12.4. The minimum Gasteiger partial charge on any atom is -0.459 e. The van der Waals surface area contributed by atoms with Crippen LogP contribution >= 0.6 is 0 Å². The van der Waals surface area contributed by atoms with Crippen molar-refractivity contribution >= 4 is 5.97 Å². The number of ether oxygens (including phenoxy) is 1. The van der Waals surface area contributed by atoms with E-state index in [0.29, 0.717) is 6.04 Å². The van der Waals surface area contributed by atoms with Gasteiger partial charge in [-0.05, 0) is 46.7 Å². The Labute approximate surface area is 116 Å². The fourth-order valence-electron chi connectivity index (χ4n) is 2.81. The van der Waals surface area contributed by atoms with Gasteiger partial charge in [-0.2, -0.15) is 0 Å². The van der Waals surface area contributed by atoms with E-state index in [0.717, 1.165) is 32.7 Å². The van der Waals surface area contributed by atoms with Crippen LogP contribution in [0, 0.1) is 0 Å². The first-order valence-corrected chi connectivity index (χ1v) is 7.37. The molecule has 19 heavy (non-hydrogen) atoms. The SMILES string of the molecule is CC(C)(C)OC(=O)C1CN(C2CCNCC2)CCN1. The smallest absolute Gasteiger partial charge is 0.324 e. The third-order valence-corrected chi connectivity index (χ3v) is 3.72. The molecule has 0 aromatic carbocycles. The second-order valence-corrected chi connectivity index (χ2v) is 6.52. The van der Waals surface area contributed by atoms with Gasteiger partial charge in [-0.3, -0.25) is 9.69 Å². The number of carbonyl (C=O) groups excluding carboxylic acids is 1. The number of piperidine rings is 1. The zero-order valence-electron chi connectivity index (χ0n) is 12.4. The molecule has 2 N–H and O–H groups in total. The summed E-state index contributed by atoms with van der Waals surface area (Å²) in [4.78, 5) is 14.6. The lowest BCUT2D eigenvalue weighted by molar-refractivity contribution is -0.159. The number of nitrogens with zero attached hydrogens (tertiary/aromatic N) is 1. The van der Waals surface area contributed by atoms with Crippen LogP contribution in [0.2, 0.25) is 0 Å². The summed E-state index contributed by atoms with van der Waals surface area (Å²) in [7, 11) is 0. The van der Waals surface area contributed by atoms with Gasteiger partial charge >= 0.3 is 5.97 Å². The monoisotopic (exact) mass is 269 g/mol. The number of carbonyl (C=O) groups is 1. The van der Waals surface area contributed by atoms with Crippen LogP contribution in [0.25, 0.3) is 0 Å². The van der Waals surface area contributed by atoms with Crippen LogP contribution in [0.3, 0.4) is 0 Å². The molecular weight excluding hydrogens is 242 g/mol. The lowest BCUT2D eigenvalue weighted by Gasteiger charge is -2.40. The van der Waals surface area contributed by atoms with E-state index in [-0.39, 0.29) is 12.0 Å². The van der Waals surface area contributed by atoms with Crippen LogP contribution in [-0.2, 0) is 9.53 Å². The van der Waals surface area contributed by atoms with Crippen LogP contribution in [0.5, 0.6) is 0 Å². The van der Waals surface area contributed by atoms with Gasteiger partial charge in [-0.25, -0.2) is 0 Å². The highest BCUT2D eigenvalue weighted by Gasteiger charge is 2.32. The Bertz CT molecular complexity index is 308. The number of nitrogens with one attached hydrogen (secondary N) is 2. The van der Waals surface area contributed by atoms with E-state index in [1.54, 1.807) is 0 Å². The second kappa shape index (κ2) is 6.20. The van der Waals surface area contributed by atoms with Crippen molar-refractivity contribution < 1.29 is 9.53 Å². The molecule has 0 bridgehead atoms. The van der Waals surface area contributed by atoms with E-state index in [9.17, 15) is 4.79 Å². The average Bonchev–Trinajstić information content (AvgIpc) is 2.38. The fourth-order valence-corrected chi connectivity index (χ4v) is 2.81. The summed E-state index contributed by atoms with van der Waals surface area (Å²) in [6, 6.07) is 0.441. The van der Waals surface area contributed by atoms with Crippen LogP contribution in [0.1, 0.15) is 33.6 Å². The van der Waals surface area contributed by atoms with Crippen molar-refractivity contribution in [3.05, 3.63) is 0 Å². The van der Waals surface area contributed by atoms with Crippen molar-refractivity contribution in [2.45, 2.75) is 51.3 Å². The molecule has 1 atom stereocenters. The molecule has 2 saturated heterocycles. The van der Waals surface area contributed by atoms with E-state index in [1.165, 1.54) is 12.8 Å². The largest absolute Gasteiger partial charge is 0.459 e. The van der Waals surface area contributed by atoms with Gasteiger partial charge in [-0.15, -0.1) is 0 Å². The van der Waals surface area contributed by atoms with E-state index >= 15 is 0 Å². The van der Waals surface area contributed by atoms with Gasteiger partial charge < -0.3 is 15.4 Å². The molecule has 0 aromatic heterocycles. The van der Waals surface area contributed by atoms with Gasteiger partial charge in [-0.1, -0.05) is 0 Å². The quantitative estimate of drug-likeness (QED) is 0.709. The van der Waals surface area contributed by atoms with Crippen LogP contribution < -0.4 is 10.6 Å². The Morgan fingerprint density at radius 3 is 2.53 bits per heavy atom. The number of hydrogen-bond donors (Lipinski definition) is 2. The predicted octanol–water partition coefficient (Wildman–Crippen LogP) is 0.354. The molecule has 0 spiro atoms. The summed E-state index contributed by atoms with van der Waals surface area (Å²) >= 11 is 0. The molecule has 2 heterocycles. The van der Waals surface area contributed by atoms with E-state index < -0.39 is 5.60 Å². The maximum atomic E-state index is 12.1. The molecule has 2 aliphatic rings. The van der Waals surface area contributed by atoms with Crippen molar-refractivity contribution in [3.8, 4) is 0 Å². The third kappa shape index (κ3) is 4.44. The van der Waals surface area contributed by atoms with Gasteiger partial charge in [0.1, 0.15) is 11.6 Å². The fraction of sp³-hybridized carbons (Fsp3) is 0.929. The molecule has 0 saturated carbocycles. The number of hydrogen-bond acceptors (Lipinski definition) is 5. The molecule has 0 amide bonds. The van der Waals surface area contributed by atoms with Crippen molar-refractivity contribution in [3.63, 3.8) is 0 Å². The normalized spacial score (nSPS) is 27.2. The predicted molar refractivity (Wildman–Crippen MR) is 75.1 cm³/mol. The molecule has 0 aliphatic carbocycles. The first-order chi connectivity index (χ1) is 8.96. The van der Waals surface area contributed by atoms with Crippen molar-refractivity contribution in [1.29, 1.82) is 0 Å². The Morgan fingerprint density at radius 2 is 1.89 bits per heavy atom. The van der Waals surface area contributed by atoms with Crippen LogP contribution in [0.15, 0.2) is 0 Å². The summed E-state index contributed by atoms with van der Waals surface area (Å²) in [5.41, 5.74) is -0.407. The highest BCUT2D eigenvalue weighted by atomic mass is 16.6. The summed E-state index contributed by atoms with van der Waals surface area (Å²) in [6.45, 7) is 10.6. The van der Waals surface area contributed by atoms with Gasteiger partial charge in [0.25, 0.3) is 0 Å². The number of rotatable bonds is 2. The van der Waals surface area contributed by atoms with Gasteiger partial charge in [0, 0.05) is 25.7 Å².